The fourth-order valence-corrected chi connectivity index (χ4v) is 2.76. The van der Waals surface area contributed by atoms with E-state index in [1.165, 1.54) is 12.1 Å². The van der Waals surface area contributed by atoms with E-state index in [1.807, 2.05) is 13.0 Å². The predicted molar refractivity (Wildman–Crippen MR) is 94.6 cm³/mol. The zero-order valence-electron chi connectivity index (χ0n) is 14.3. The molecule has 1 atom stereocenters. The average molecular weight is 343 g/mol. The molecule has 1 aliphatic rings. The number of hydrogen-bond donors (Lipinski definition) is 1. The Kier molecular flexibility index (Phi) is 5.20. The first-order chi connectivity index (χ1) is 12.0. The van der Waals surface area contributed by atoms with E-state index in [9.17, 15) is 10.1 Å². The molecular weight excluding hydrogens is 322 g/mol. The number of aryl methyl sites for hydroxylation is 1. The van der Waals surface area contributed by atoms with Crippen LogP contribution in [0.2, 0.25) is 0 Å². The van der Waals surface area contributed by atoms with Crippen molar-refractivity contribution in [3.05, 3.63) is 46.1 Å². The molecule has 1 aliphatic heterocycles. The topological polar surface area (TPSA) is 93.4 Å². The van der Waals surface area contributed by atoms with Gasteiger partial charge in [-0.25, -0.2) is 9.97 Å². The molecule has 2 heterocycles. The lowest BCUT2D eigenvalue weighted by Crippen LogP contribution is -2.43. The van der Waals surface area contributed by atoms with Gasteiger partial charge in [-0.05, 0) is 14.0 Å². The summed E-state index contributed by atoms with van der Waals surface area (Å²) in [4.78, 5) is 21.7. The van der Waals surface area contributed by atoms with Crippen molar-refractivity contribution in [2.24, 2.45) is 0 Å². The number of benzene rings is 1. The maximum atomic E-state index is 11.0. The summed E-state index contributed by atoms with van der Waals surface area (Å²) in [6.07, 6.45) is 0.107. The molecule has 0 spiro atoms. The van der Waals surface area contributed by atoms with Gasteiger partial charge in [0.15, 0.2) is 5.82 Å². The Balaban J connectivity index is 1.76. The zero-order valence-corrected chi connectivity index (χ0v) is 14.3. The van der Waals surface area contributed by atoms with E-state index in [1.54, 1.807) is 12.1 Å². The van der Waals surface area contributed by atoms with E-state index >= 15 is 0 Å². The highest BCUT2D eigenvalue weighted by atomic mass is 16.6. The highest BCUT2D eigenvalue weighted by Crippen LogP contribution is 2.22. The van der Waals surface area contributed by atoms with Gasteiger partial charge < -0.3 is 15.0 Å². The van der Waals surface area contributed by atoms with Crippen LogP contribution in [0.1, 0.15) is 5.69 Å². The molecule has 8 heteroatoms. The number of anilines is 1. The van der Waals surface area contributed by atoms with Crippen LogP contribution in [0.15, 0.2) is 30.3 Å². The summed E-state index contributed by atoms with van der Waals surface area (Å²) in [5.74, 6) is 1.15. The van der Waals surface area contributed by atoms with Gasteiger partial charge in [0.1, 0.15) is 5.82 Å². The minimum Gasteiger partial charge on any atom is -0.374 e. The molecule has 3 rings (SSSR count). The lowest BCUT2D eigenvalue weighted by Gasteiger charge is -2.30. The number of hydrogen-bond acceptors (Lipinski definition) is 7. The normalized spacial score (nSPS) is 18.1. The summed E-state index contributed by atoms with van der Waals surface area (Å²) in [6, 6.07) is 8.20. The van der Waals surface area contributed by atoms with Crippen LogP contribution in [-0.2, 0) is 4.74 Å². The van der Waals surface area contributed by atoms with Crippen LogP contribution in [0, 0.1) is 17.0 Å². The Morgan fingerprint density at radius 1 is 1.40 bits per heavy atom. The van der Waals surface area contributed by atoms with E-state index in [-0.39, 0.29) is 11.8 Å². The Hall–Kier alpha value is -2.58. The molecule has 1 saturated heterocycles. The van der Waals surface area contributed by atoms with E-state index in [0.717, 1.165) is 25.4 Å². The maximum absolute atomic E-state index is 11.0. The fourth-order valence-electron chi connectivity index (χ4n) is 2.76. The minimum absolute atomic E-state index is 0.0239. The minimum atomic E-state index is -0.421. The number of nitrogens with zero attached hydrogens (tertiary/aromatic N) is 4. The molecule has 1 fully saturated rings. The Morgan fingerprint density at radius 3 is 3.00 bits per heavy atom. The van der Waals surface area contributed by atoms with Crippen molar-refractivity contribution in [3.8, 4) is 11.4 Å². The molecule has 1 aromatic heterocycles. The molecular formula is C17H21N5O3. The van der Waals surface area contributed by atoms with Gasteiger partial charge in [-0.1, -0.05) is 12.1 Å². The first-order valence-electron chi connectivity index (χ1n) is 8.16. The van der Waals surface area contributed by atoms with Crippen LogP contribution in [0.25, 0.3) is 11.4 Å². The van der Waals surface area contributed by atoms with Crippen LogP contribution < -0.4 is 5.32 Å². The molecule has 0 radical (unpaired) electrons. The van der Waals surface area contributed by atoms with Crippen LogP contribution in [-0.4, -0.2) is 59.2 Å². The van der Waals surface area contributed by atoms with Gasteiger partial charge in [0.2, 0.25) is 0 Å². The summed E-state index contributed by atoms with van der Waals surface area (Å²) < 4.78 is 5.73. The number of likely N-dealkylation sites (N-methyl/N-ethyl adjacent to an activating group) is 1. The van der Waals surface area contributed by atoms with Gasteiger partial charge in [0, 0.05) is 49.1 Å². The van der Waals surface area contributed by atoms with E-state index in [0.29, 0.717) is 23.8 Å². The number of nitro benzene ring substituents is 1. The number of non-ortho nitro benzene ring substituents is 1. The molecule has 132 valence electrons. The van der Waals surface area contributed by atoms with Crippen LogP contribution in [0.4, 0.5) is 11.5 Å². The van der Waals surface area contributed by atoms with Gasteiger partial charge in [0.25, 0.3) is 5.69 Å². The molecule has 0 bridgehead atoms. The van der Waals surface area contributed by atoms with Crippen molar-refractivity contribution in [1.82, 2.24) is 14.9 Å². The summed E-state index contributed by atoms with van der Waals surface area (Å²) >= 11 is 0. The third-order valence-electron chi connectivity index (χ3n) is 4.02. The predicted octanol–water partition coefficient (Wildman–Crippen LogP) is 2.10. The Morgan fingerprint density at radius 2 is 2.24 bits per heavy atom. The van der Waals surface area contributed by atoms with Gasteiger partial charge in [-0.15, -0.1) is 0 Å². The third kappa shape index (κ3) is 4.49. The molecule has 1 aromatic carbocycles. The van der Waals surface area contributed by atoms with Gasteiger partial charge in [-0.2, -0.15) is 0 Å². The summed E-state index contributed by atoms with van der Waals surface area (Å²) in [7, 11) is 2.07. The molecule has 1 N–H and O–H groups in total. The lowest BCUT2D eigenvalue weighted by molar-refractivity contribution is -0.384. The summed E-state index contributed by atoms with van der Waals surface area (Å²) in [5, 5.41) is 14.2. The van der Waals surface area contributed by atoms with Crippen LogP contribution in [0.3, 0.4) is 0 Å². The third-order valence-corrected chi connectivity index (χ3v) is 4.02. The van der Waals surface area contributed by atoms with E-state index in [4.69, 9.17) is 4.74 Å². The number of ether oxygens (including phenoxy) is 1. The zero-order chi connectivity index (χ0) is 17.8. The quantitative estimate of drug-likeness (QED) is 0.656. The van der Waals surface area contributed by atoms with Crippen LogP contribution in [0.5, 0.6) is 0 Å². The standard InChI is InChI=1S/C17H21N5O3/c1-12-8-16(18-10-15-11-21(2)6-7-25-15)20-17(19-12)13-4-3-5-14(9-13)22(23)24/h3-5,8-9,15H,6-7,10-11H2,1-2H3,(H,18,19,20). The second kappa shape index (κ2) is 7.54. The highest BCUT2D eigenvalue weighted by molar-refractivity contribution is 5.61. The first-order valence-corrected chi connectivity index (χ1v) is 8.16. The molecule has 2 aromatic rings. The number of aromatic nitrogens is 2. The van der Waals surface area contributed by atoms with E-state index < -0.39 is 4.92 Å². The second-order valence-electron chi connectivity index (χ2n) is 6.16. The van der Waals surface area contributed by atoms with Crippen LogP contribution >= 0.6 is 0 Å². The fraction of sp³-hybridized carbons (Fsp3) is 0.412. The number of nitro groups is 1. The van der Waals surface area contributed by atoms with Gasteiger partial charge >= 0.3 is 0 Å². The maximum Gasteiger partial charge on any atom is 0.270 e. The molecule has 8 nitrogen and oxygen atoms in total. The van der Waals surface area contributed by atoms with Crippen molar-refractivity contribution in [2.75, 3.05) is 38.6 Å². The lowest BCUT2D eigenvalue weighted by atomic mass is 10.2. The van der Waals surface area contributed by atoms with Crippen molar-refractivity contribution in [3.63, 3.8) is 0 Å². The van der Waals surface area contributed by atoms with Gasteiger partial charge in [-0.3, -0.25) is 10.1 Å². The second-order valence-corrected chi connectivity index (χ2v) is 6.16. The summed E-state index contributed by atoms with van der Waals surface area (Å²) in [5.41, 5.74) is 1.44. The molecule has 0 amide bonds. The van der Waals surface area contributed by atoms with Crippen molar-refractivity contribution in [2.45, 2.75) is 13.0 Å². The first kappa shape index (κ1) is 17.2. The Labute approximate surface area is 146 Å². The number of rotatable bonds is 5. The highest BCUT2D eigenvalue weighted by Gasteiger charge is 2.18. The molecule has 0 aliphatic carbocycles. The monoisotopic (exact) mass is 343 g/mol. The van der Waals surface area contributed by atoms with Gasteiger partial charge in [0.05, 0.1) is 17.6 Å². The average Bonchev–Trinajstić information content (AvgIpc) is 2.60. The SMILES string of the molecule is Cc1cc(NCC2CN(C)CCO2)nc(-c2cccc([N+](=O)[O-])c2)n1. The number of nitrogens with one attached hydrogen (secondary N) is 1. The Bertz CT molecular complexity index is 768. The molecule has 0 saturated carbocycles. The molecule has 25 heavy (non-hydrogen) atoms. The molecule has 1 unspecified atom stereocenters. The summed E-state index contributed by atoms with van der Waals surface area (Å²) in [6.45, 7) is 5.06. The largest absolute Gasteiger partial charge is 0.374 e. The van der Waals surface area contributed by atoms with Crippen molar-refractivity contribution >= 4 is 11.5 Å². The van der Waals surface area contributed by atoms with Crippen molar-refractivity contribution in [1.29, 1.82) is 0 Å². The smallest absolute Gasteiger partial charge is 0.270 e. The van der Waals surface area contributed by atoms with Crippen molar-refractivity contribution < 1.29 is 9.66 Å². The van der Waals surface area contributed by atoms with E-state index in [2.05, 4.69) is 27.2 Å². The number of morpholine rings is 1.